The van der Waals surface area contributed by atoms with Crippen LogP contribution in [-0.2, 0) is 7.05 Å². The van der Waals surface area contributed by atoms with Gasteiger partial charge < -0.3 is 5.32 Å². The molecule has 6 heteroatoms. The quantitative estimate of drug-likeness (QED) is 0.616. The summed E-state index contributed by atoms with van der Waals surface area (Å²) >= 11 is 0. The lowest BCUT2D eigenvalue weighted by Crippen LogP contribution is -2.36. The maximum absolute atomic E-state index is 11.4. The highest BCUT2D eigenvalue weighted by molar-refractivity contribution is 5.43. The summed E-state index contributed by atoms with van der Waals surface area (Å²) in [7, 11) is 1.79. The standard InChI is InChI=1S/C14H26N4O2/c1-7-8-15-10(4)12(9(2)3)14-13(18(19)20)11(5)16-17(14)6/h9-10,12,15H,7-8H2,1-6H3. The first-order chi connectivity index (χ1) is 9.31. The normalized spacial score (nSPS) is 14.6. The summed E-state index contributed by atoms with van der Waals surface area (Å²) in [5, 5.41) is 19.0. The van der Waals surface area contributed by atoms with Crippen LogP contribution in [0.25, 0.3) is 0 Å². The monoisotopic (exact) mass is 282 g/mol. The van der Waals surface area contributed by atoms with Crippen LogP contribution in [-0.4, -0.2) is 27.3 Å². The third-order valence-electron chi connectivity index (χ3n) is 3.71. The van der Waals surface area contributed by atoms with E-state index in [0.29, 0.717) is 11.6 Å². The molecule has 0 fully saturated rings. The van der Waals surface area contributed by atoms with Gasteiger partial charge in [-0.25, -0.2) is 0 Å². The van der Waals surface area contributed by atoms with E-state index in [1.165, 1.54) is 0 Å². The van der Waals surface area contributed by atoms with Crippen LogP contribution in [0.1, 0.15) is 51.4 Å². The topological polar surface area (TPSA) is 73.0 Å². The Balaban J connectivity index is 3.25. The Kier molecular flexibility index (Phi) is 5.68. The van der Waals surface area contributed by atoms with Gasteiger partial charge in [0.05, 0.1) is 4.92 Å². The molecular weight excluding hydrogens is 256 g/mol. The molecule has 0 bridgehead atoms. The van der Waals surface area contributed by atoms with E-state index in [0.717, 1.165) is 18.7 Å². The van der Waals surface area contributed by atoms with Crippen LogP contribution in [0, 0.1) is 23.0 Å². The lowest BCUT2D eigenvalue weighted by molar-refractivity contribution is -0.386. The molecule has 1 aromatic rings. The van der Waals surface area contributed by atoms with E-state index in [1.807, 2.05) is 0 Å². The van der Waals surface area contributed by atoms with Gasteiger partial charge >= 0.3 is 5.69 Å². The van der Waals surface area contributed by atoms with Crippen molar-refractivity contribution >= 4 is 5.69 Å². The zero-order valence-corrected chi connectivity index (χ0v) is 13.3. The summed E-state index contributed by atoms with van der Waals surface area (Å²) in [4.78, 5) is 11.0. The first-order valence-corrected chi connectivity index (χ1v) is 7.22. The number of hydrogen-bond acceptors (Lipinski definition) is 4. The summed E-state index contributed by atoms with van der Waals surface area (Å²) in [6.07, 6.45) is 1.04. The lowest BCUT2D eigenvalue weighted by atomic mass is 9.85. The maximum Gasteiger partial charge on any atom is 0.313 e. The summed E-state index contributed by atoms with van der Waals surface area (Å²) < 4.78 is 1.67. The van der Waals surface area contributed by atoms with E-state index in [9.17, 15) is 10.1 Å². The molecule has 0 spiro atoms. The van der Waals surface area contributed by atoms with Crippen LogP contribution < -0.4 is 5.32 Å². The van der Waals surface area contributed by atoms with E-state index in [-0.39, 0.29) is 22.6 Å². The van der Waals surface area contributed by atoms with E-state index in [1.54, 1.807) is 18.7 Å². The molecule has 0 aromatic carbocycles. The minimum absolute atomic E-state index is 0.0631. The number of aromatic nitrogens is 2. The second-order valence-corrected chi connectivity index (χ2v) is 5.71. The fourth-order valence-electron chi connectivity index (χ4n) is 2.89. The summed E-state index contributed by atoms with van der Waals surface area (Å²) in [5.74, 6) is 0.357. The molecule has 0 radical (unpaired) electrons. The molecule has 0 aliphatic rings. The van der Waals surface area contributed by atoms with E-state index < -0.39 is 0 Å². The first-order valence-electron chi connectivity index (χ1n) is 7.22. The summed E-state index contributed by atoms with van der Waals surface area (Å²) in [5.41, 5.74) is 1.37. The smallest absolute Gasteiger partial charge is 0.313 e. The van der Waals surface area contributed by atoms with Gasteiger partial charge in [-0.1, -0.05) is 20.8 Å². The number of hydrogen-bond donors (Lipinski definition) is 1. The van der Waals surface area contributed by atoms with Gasteiger partial charge in [0, 0.05) is 19.0 Å². The fraction of sp³-hybridized carbons (Fsp3) is 0.786. The van der Waals surface area contributed by atoms with Crippen LogP contribution in [0.2, 0.25) is 0 Å². The average Bonchev–Trinajstić information content (AvgIpc) is 2.62. The number of rotatable bonds is 7. The second kappa shape index (κ2) is 6.83. The molecule has 0 aliphatic heterocycles. The van der Waals surface area contributed by atoms with Gasteiger partial charge in [0.1, 0.15) is 11.4 Å². The third kappa shape index (κ3) is 3.36. The number of nitro groups is 1. The van der Waals surface area contributed by atoms with E-state index >= 15 is 0 Å². The Bertz CT molecular complexity index is 468. The van der Waals surface area contributed by atoms with Crippen molar-refractivity contribution in [1.29, 1.82) is 0 Å². The van der Waals surface area contributed by atoms with Crippen molar-refractivity contribution in [3.05, 3.63) is 21.5 Å². The van der Waals surface area contributed by atoms with Crippen LogP contribution in [0.5, 0.6) is 0 Å². The Morgan fingerprint density at radius 3 is 2.45 bits per heavy atom. The minimum Gasteiger partial charge on any atom is -0.314 e. The molecular formula is C14H26N4O2. The zero-order valence-electron chi connectivity index (χ0n) is 13.3. The zero-order chi connectivity index (χ0) is 15.4. The van der Waals surface area contributed by atoms with Crippen LogP contribution in [0.3, 0.4) is 0 Å². The molecule has 114 valence electrons. The molecule has 2 unspecified atom stereocenters. The predicted octanol–water partition coefficient (Wildman–Crippen LogP) is 2.76. The van der Waals surface area contributed by atoms with Crippen molar-refractivity contribution in [3.63, 3.8) is 0 Å². The fourth-order valence-corrected chi connectivity index (χ4v) is 2.89. The van der Waals surface area contributed by atoms with Crippen LogP contribution >= 0.6 is 0 Å². The lowest BCUT2D eigenvalue weighted by Gasteiger charge is -2.28. The summed E-state index contributed by atoms with van der Waals surface area (Å²) in [6, 6.07) is 0.170. The van der Waals surface area contributed by atoms with Crippen LogP contribution in [0.15, 0.2) is 0 Å². The third-order valence-corrected chi connectivity index (χ3v) is 3.71. The van der Waals surface area contributed by atoms with Gasteiger partial charge in [-0.3, -0.25) is 14.8 Å². The van der Waals surface area contributed by atoms with Gasteiger partial charge in [0.25, 0.3) is 0 Å². The van der Waals surface area contributed by atoms with Crippen molar-refractivity contribution < 1.29 is 4.92 Å². The highest BCUT2D eigenvalue weighted by Gasteiger charge is 2.34. The largest absolute Gasteiger partial charge is 0.314 e. The molecule has 1 heterocycles. The molecule has 2 atom stereocenters. The molecule has 0 saturated heterocycles. The Morgan fingerprint density at radius 1 is 1.40 bits per heavy atom. The highest BCUT2D eigenvalue weighted by atomic mass is 16.6. The van der Waals surface area contributed by atoms with E-state index in [4.69, 9.17) is 0 Å². The van der Waals surface area contributed by atoms with Gasteiger partial charge in [-0.2, -0.15) is 5.10 Å². The molecule has 20 heavy (non-hydrogen) atoms. The second-order valence-electron chi connectivity index (χ2n) is 5.71. The molecule has 1 aromatic heterocycles. The summed E-state index contributed by atoms with van der Waals surface area (Å²) in [6.45, 7) is 11.0. The molecule has 1 rings (SSSR count). The Hall–Kier alpha value is -1.43. The SMILES string of the molecule is CCCNC(C)C(c1c([N+](=O)[O-])c(C)nn1C)C(C)C. The van der Waals surface area contributed by atoms with E-state index in [2.05, 4.69) is 38.1 Å². The predicted molar refractivity (Wildman–Crippen MR) is 79.9 cm³/mol. The highest BCUT2D eigenvalue weighted by Crippen LogP contribution is 2.35. The van der Waals surface area contributed by atoms with Crippen molar-refractivity contribution in [3.8, 4) is 0 Å². The molecule has 0 amide bonds. The molecule has 0 aliphatic carbocycles. The van der Waals surface area contributed by atoms with Crippen molar-refractivity contribution in [2.45, 2.75) is 53.0 Å². The molecule has 1 N–H and O–H groups in total. The molecule has 0 saturated carbocycles. The van der Waals surface area contributed by atoms with Gasteiger partial charge in [-0.15, -0.1) is 0 Å². The minimum atomic E-state index is -0.306. The van der Waals surface area contributed by atoms with Crippen molar-refractivity contribution in [2.75, 3.05) is 6.54 Å². The van der Waals surface area contributed by atoms with Crippen LogP contribution in [0.4, 0.5) is 5.69 Å². The number of nitrogens with zero attached hydrogens (tertiary/aromatic N) is 3. The maximum atomic E-state index is 11.4. The number of nitrogens with one attached hydrogen (secondary N) is 1. The van der Waals surface area contributed by atoms with Gasteiger partial charge in [0.2, 0.25) is 0 Å². The Morgan fingerprint density at radius 2 is 2.00 bits per heavy atom. The Labute approximate surface area is 120 Å². The van der Waals surface area contributed by atoms with Crippen molar-refractivity contribution in [2.24, 2.45) is 13.0 Å². The van der Waals surface area contributed by atoms with Gasteiger partial charge in [0.15, 0.2) is 0 Å². The van der Waals surface area contributed by atoms with Gasteiger partial charge in [-0.05, 0) is 32.7 Å². The first kappa shape index (κ1) is 16.6. The number of aryl methyl sites for hydroxylation is 2. The average molecular weight is 282 g/mol. The molecule has 6 nitrogen and oxygen atoms in total. The van der Waals surface area contributed by atoms with Crippen molar-refractivity contribution in [1.82, 2.24) is 15.1 Å².